The zero-order chi connectivity index (χ0) is 13.1. The van der Waals surface area contributed by atoms with E-state index in [2.05, 4.69) is 4.40 Å². The van der Waals surface area contributed by atoms with E-state index in [4.69, 9.17) is 4.74 Å². The summed E-state index contributed by atoms with van der Waals surface area (Å²) < 4.78 is 20.7. The number of aryl methyl sites for hydroxylation is 1. The van der Waals surface area contributed by atoms with Crippen LogP contribution in [0, 0.1) is 6.92 Å². The Balaban J connectivity index is 2.95. The van der Waals surface area contributed by atoms with Gasteiger partial charge in [0.05, 0.1) is 11.9 Å². The molecule has 1 rings (SSSR count). The SMILES string of the molecule is COc1ccc(C)c(/C=N/[S@](=O)C(C)(C)C)c1. The number of methoxy groups -OCH3 is 1. The first-order chi connectivity index (χ1) is 7.84. The first kappa shape index (κ1) is 13.9. The third-order valence-electron chi connectivity index (χ3n) is 2.30. The van der Waals surface area contributed by atoms with Gasteiger partial charge in [-0.2, -0.15) is 4.40 Å². The Morgan fingerprint density at radius 2 is 2.00 bits per heavy atom. The maximum Gasteiger partial charge on any atom is 0.144 e. The van der Waals surface area contributed by atoms with Crippen LogP contribution in [0.5, 0.6) is 5.75 Å². The van der Waals surface area contributed by atoms with Crippen molar-refractivity contribution in [1.82, 2.24) is 0 Å². The predicted molar refractivity (Wildman–Crippen MR) is 73.2 cm³/mol. The highest BCUT2D eigenvalue weighted by Crippen LogP contribution is 2.17. The van der Waals surface area contributed by atoms with Crippen LogP contribution in [0.1, 0.15) is 31.9 Å². The van der Waals surface area contributed by atoms with Crippen molar-refractivity contribution in [3.8, 4) is 5.75 Å². The molecule has 0 saturated heterocycles. The smallest absolute Gasteiger partial charge is 0.144 e. The minimum absolute atomic E-state index is 0.330. The Hall–Kier alpha value is -1.16. The summed E-state index contributed by atoms with van der Waals surface area (Å²) in [5, 5.41) is 0. The molecule has 0 aliphatic rings. The molecule has 0 amide bonds. The second-order valence-corrected chi connectivity index (χ2v) is 6.75. The number of hydrogen-bond donors (Lipinski definition) is 0. The van der Waals surface area contributed by atoms with Gasteiger partial charge in [-0.05, 0) is 45.4 Å². The van der Waals surface area contributed by atoms with Gasteiger partial charge < -0.3 is 4.74 Å². The standard InChI is InChI=1S/C13H19NO2S/c1-10-6-7-12(16-5)8-11(10)9-14-17(15)13(2,3)4/h6-9H,1-5H3/b14-9+/t17-/m1/s1. The van der Waals surface area contributed by atoms with Gasteiger partial charge in [-0.3, -0.25) is 0 Å². The molecule has 0 radical (unpaired) electrons. The molecule has 4 heteroatoms. The molecule has 0 aromatic heterocycles. The molecule has 94 valence electrons. The van der Waals surface area contributed by atoms with Crippen LogP contribution < -0.4 is 4.74 Å². The van der Waals surface area contributed by atoms with Crippen LogP contribution in [-0.2, 0) is 11.0 Å². The summed E-state index contributed by atoms with van der Waals surface area (Å²) >= 11 is 0. The van der Waals surface area contributed by atoms with E-state index in [1.54, 1.807) is 13.3 Å². The second-order valence-electron chi connectivity index (χ2n) is 4.82. The zero-order valence-electron chi connectivity index (χ0n) is 11.0. The lowest BCUT2D eigenvalue weighted by molar-refractivity contribution is 0.414. The van der Waals surface area contributed by atoms with Crippen molar-refractivity contribution < 1.29 is 8.95 Å². The topological polar surface area (TPSA) is 38.7 Å². The van der Waals surface area contributed by atoms with Crippen LogP contribution >= 0.6 is 0 Å². The van der Waals surface area contributed by atoms with E-state index in [0.717, 1.165) is 16.9 Å². The van der Waals surface area contributed by atoms with Crippen LogP contribution in [0.15, 0.2) is 22.6 Å². The molecular formula is C13H19NO2S. The summed E-state index contributed by atoms with van der Waals surface area (Å²) in [6.07, 6.45) is 1.65. The van der Waals surface area contributed by atoms with Crippen molar-refractivity contribution >= 4 is 17.2 Å². The summed E-state index contributed by atoms with van der Waals surface area (Å²) in [7, 11) is 0.398. The molecule has 1 atom stereocenters. The molecule has 0 aliphatic heterocycles. The summed E-state index contributed by atoms with van der Waals surface area (Å²) in [6.45, 7) is 7.69. The van der Waals surface area contributed by atoms with E-state index in [0.29, 0.717) is 0 Å². The number of nitrogens with zero attached hydrogens (tertiary/aromatic N) is 1. The zero-order valence-corrected chi connectivity index (χ0v) is 11.8. The largest absolute Gasteiger partial charge is 0.497 e. The van der Waals surface area contributed by atoms with Crippen molar-refractivity contribution in [1.29, 1.82) is 0 Å². The minimum atomic E-state index is -1.23. The van der Waals surface area contributed by atoms with Crippen LogP contribution in [0.2, 0.25) is 0 Å². The van der Waals surface area contributed by atoms with E-state index in [1.165, 1.54) is 0 Å². The van der Waals surface area contributed by atoms with E-state index in [1.807, 2.05) is 45.9 Å². The molecule has 3 nitrogen and oxygen atoms in total. The van der Waals surface area contributed by atoms with Gasteiger partial charge in [0, 0.05) is 11.8 Å². The Kier molecular flexibility index (Phi) is 4.46. The van der Waals surface area contributed by atoms with Crippen LogP contribution in [0.4, 0.5) is 0 Å². The van der Waals surface area contributed by atoms with Crippen molar-refractivity contribution in [2.24, 2.45) is 4.40 Å². The summed E-state index contributed by atoms with van der Waals surface area (Å²) in [4.78, 5) is 0. The molecule has 1 aromatic rings. The number of ether oxygens (including phenoxy) is 1. The normalized spacial score (nSPS) is 13.9. The fourth-order valence-corrected chi connectivity index (χ4v) is 1.67. The molecule has 0 bridgehead atoms. The highest BCUT2D eigenvalue weighted by Gasteiger charge is 2.18. The Morgan fingerprint density at radius 1 is 1.35 bits per heavy atom. The maximum absolute atomic E-state index is 11.8. The first-order valence-electron chi connectivity index (χ1n) is 5.45. The molecule has 0 fully saturated rings. The average Bonchev–Trinajstić information content (AvgIpc) is 2.26. The fraction of sp³-hybridized carbons (Fsp3) is 0.462. The lowest BCUT2D eigenvalue weighted by Crippen LogP contribution is -2.19. The third kappa shape index (κ3) is 3.97. The maximum atomic E-state index is 11.8. The molecular weight excluding hydrogens is 234 g/mol. The average molecular weight is 253 g/mol. The van der Waals surface area contributed by atoms with Gasteiger partial charge in [0.1, 0.15) is 16.7 Å². The molecule has 0 heterocycles. The molecule has 0 aliphatic carbocycles. The summed E-state index contributed by atoms with van der Waals surface area (Å²) in [5.74, 6) is 0.776. The summed E-state index contributed by atoms with van der Waals surface area (Å²) in [5.41, 5.74) is 2.02. The van der Waals surface area contributed by atoms with Gasteiger partial charge in [-0.15, -0.1) is 0 Å². The van der Waals surface area contributed by atoms with Gasteiger partial charge in [0.25, 0.3) is 0 Å². The summed E-state index contributed by atoms with van der Waals surface area (Å²) in [6, 6.07) is 5.74. The van der Waals surface area contributed by atoms with Crippen molar-refractivity contribution in [2.75, 3.05) is 7.11 Å². The van der Waals surface area contributed by atoms with E-state index < -0.39 is 11.0 Å². The van der Waals surface area contributed by atoms with Gasteiger partial charge in [0.2, 0.25) is 0 Å². The molecule has 0 saturated carbocycles. The third-order valence-corrected chi connectivity index (χ3v) is 3.64. The fourth-order valence-electron chi connectivity index (χ4n) is 1.15. The second kappa shape index (κ2) is 5.45. The van der Waals surface area contributed by atoms with Crippen molar-refractivity contribution in [3.63, 3.8) is 0 Å². The minimum Gasteiger partial charge on any atom is -0.497 e. The molecule has 1 aromatic carbocycles. The number of rotatable bonds is 3. The van der Waals surface area contributed by atoms with E-state index in [9.17, 15) is 4.21 Å². The first-order valence-corrected chi connectivity index (χ1v) is 6.56. The molecule has 17 heavy (non-hydrogen) atoms. The Morgan fingerprint density at radius 3 is 2.53 bits per heavy atom. The Bertz CT molecular complexity index is 447. The van der Waals surface area contributed by atoms with Gasteiger partial charge in [-0.1, -0.05) is 6.07 Å². The molecule has 0 unspecified atom stereocenters. The lowest BCUT2D eigenvalue weighted by Gasteiger charge is -2.13. The number of benzene rings is 1. The highest BCUT2D eigenvalue weighted by atomic mass is 32.2. The van der Waals surface area contributed by atoms with E-state index in [-0.39, 0.29) is 4.75 Å². The van der Waals surface area contributed by atoms with Crippen LogP contribution in [0.25, 0.3) is 0 Å². The Labute approximate surface area is 106 Å². The van der Waals surface area contributed by atoms with Crippen molar-refractivity contribution in [3.05, 3.63) is 29.3 Å². The monoisotopic (exact) mass is 253 g/mol. The predicted octanol–water partition coefficient (Wildman–Crippen LogP) is 2.88. The molecule has 0 N–H and O–H groups in total. The van der Waals surface area contributed by atoms with Gasteiger partial charge in [-0.25, -0.2) is 4.21 Å². The quantitative estimate of drug-likeness (QED) is 0.777. The van der Waals surface area contributed by atoms with Crippen LogP contribution in [0.3, 0.4) is 0 Å². The van der Waals surface area contributed by atoms with Crippen LogP contribution in [-0.4, -0.2) is 22.3 Å². The van der Waals surface area contributed by atoms with Gasteiger partial charge in [0.15, 0.2) is 0 Å². The highest BCUT2D eigenvalue weighted by molar-refractivity contribution is 7.85. The lowest BCUT2D eigenvalue weighted by atomic mass is 10.1. The van der Waals surface area contributed by atoms with Gasteiger partial charge >= 0.3 is 0 Å². The molecule has 0 spiro atoms. The number of hydrogen-bond acceptors (Lipinski definition) is 2. The van der Waals surface area contributed by atoms with E-state index >= 15 is 0 Å². The van der Waals surface area contributed by atoms with Crippen molar-refractivity contribution in [2.45, 2.75) is 32.4 Å².